The van der Waals surface area contributed by atoms with Gasteiger partial charge in [-0.05, 0) is 64.4 Å². The molecule has 0 heteroatoms. The van der Waals surface area contributed by atoms with E-state index in [0.29, 0.717) is 0 Å². The summed E-state index contributed by atoms with van der Waals surface area (Å²) in [6.45, 7) is 4.36. The van der Waals surface area contributed by atoms with Crippen molar-refractivity contribution in [3.63, 3.8) is 0 Å². The molecule has 0 nitrogen and oxygen atoms in total. The zero-order valence-electron chi connectivity index (χ0n) is 19.0. The maximum atomic E-state index is 2.43. The molecule has 6 rings (SSSR count). The van der Waals surface area contributed by atoms with Crippen molar-refractivity contribution in [3.05, 3.63) is 155 Å². The SMILES string of the molecule is Cc1cc(C)cc(-c2ccc3c(c2)C(c2ccccc2)(c2ccccc2)c2ccccc2-3)c1. The van der Waals surface area contributed by atoms with Crippen molar-refractivity contribution in [1.82, 2.24) is 0 Å². The van der Waals surface area contributed by atoms with E-state index in [0.717, 1.165) is 0 Å². The van der Waals surface area contributed by atoms with Crippen molar-refractivity contribution >= 4 is 0 Å². The van der Waals surface area contributed by atoms with Gasteiger partial charge in [-0.2, -0.15) is 0 Å². The van der Waals surface area contributed by atoms with Crippen LogP contribution in [0.25, 0.3) is 22.3 Å². The lowest BCUT2D eigenvalue weighted by Gasteiger charge is -2.34. The number of hydrogen-bond donors (Lipinski definition) is 0. The molecule has 0 heterocycles. The summed E-state index contributed by atoms with van der Waals surface area (Å²) >= 11 is 0. The van der Waals surface area contributed by atoms with Crippen LogP contribution in [0.3, 0.4) is 0 Å². The highest BCUT2D eigenvalue weighted by Crippen LogP contribution is 2.56. The van der Waals surface area contributed by atoms with E-state index in [9.17, 15) is 0 Å². The maximum Gasteiger partial charge on any atom is 0.0713 e. The van der Waals surface area contributed by atoms with Crippen molar-refractivity contribution in [1.29, 1.82) is 0 Å². The van der Waals surface area contributed by atoms with E-state index in [1.54, 1.807) is 0 Å². The summed E-state index contributed by atoms with van der Waals surface area (Å²) < 4.78 is 0. The second kappa shape index (κ2) is 7.60. The highest BCUT2D eigenvalue weighted by atomic mass is 14.5. The molecule has 1 aliphatic carbocycles. The molecule has 5 aromatic carbocycles. The van der Waals surface area contributed by atoms with Crippen LogP contribution in [-0.4, -0.2) is 0 Å². The molecule has 0 aliphatic heterocycles. The molecule has 0 aromatic heterocycles. The Labute approximate surface area is 196 Å². The third kappa shape index (κ3) is 2.98. The van der Waals surface area contributed by atoms with Gasteiger partial charge in [0.25, 0.3) is 0 Å². The predicted octanol–water partition coefficient (Wildman–Crippen LogP) is 8.33. The lowest BCUT2D eigenvalue weighted by molar-refractivity contribution is 0.769. The van der Waals surface area contributed by atoms with Gasteiger partial charge in [0, 0.05) is 0 Å². The smallest absolute Gasteiger partial charge is 0.0622 e. The topological polar surface area (TPSA) is 0 Å². The minimum Gasteiger partial charge on any atom is -0.0622 e. The fourth-order valence-corrected chi connectivity index (χ4v) is 5.77. The van der Waals surface area contributed by atoms with Gasteiger partial charge in [-0.15, -0.1) is 0 Å². The van der Waals surface area contributed by atoms with Gasteiger partial charge < -0.3 is 0 Å². The first-order valence-electron chi connectivity index (χ1n) is 11.6. The second-order valence-electron chi connectivity index (χ2n) is 9.16. The van der Waals surface area contributed by atoms with E-state index in [4.69, 9.17) is 0 Å². The number of hydrogen-bond acceptors (Lipinski definition) is 0. The standard InChI is InChI=1S/C33H26/c1-23-19-24(2)21-26(20-23)25-17-18-30-29-15-9-10-16-31(29)33(32(30)22-25,27-11-5-3-6-12-27)28-13-7-4-8-14-28/h3-22H,1-2H3. The average molecular weight is 423 g/mol. The Hall–Kier alpha value is -3.90. The Morgan fingerprint density at radius 3 is 1.61 bits per heavy atom. The lowest BCUT2D eigenvalue weighted by atomic mass is 9.67. The summed E-state index contributed by atoms with van der Waals surface area (Å²) in [5.41, 5.74) is 12.8. The number of aryl methyl sites for hydroxylation is 2. The van der Waals surface area contributed by atoms with Crippen LogP contribution in [0.1, 0.15) is 33.4 Å². The minimum absolute atomic E-state index is 0.344. The molecule has 0 saturated carbocycles. The van der Waals surface area contributed by atoms with Crippen molar-refractivity contribution in [2.45, 2.75) is 19.3 Å². The summed E-state index contributed by atoms with van der Waals surface area (Å²) in [4.78, 5) is 0. The Morgan fingerprint density at radius 2 is 0.970 bits per heavy atom. The van der Waals surface area contributed by atoms with Crippen LogP contribution in [0.2, 0.25) is 0 Å². The molecule has 0 saturated heterocycles. The van der Waals surface area contributed by atoms with Crippen LogP contribution < -0.4 is 0 Å². The molecule has 158 valence electrons. The summed E-state index contributed by atoms with van der Waals surface area (Å²) in [7, 11) is 0. The van der Waals surface area contributed by atoms with E-state index in [1.165, 1.54) is 55.6 Å². The zero-order valence-corrected chi connectivity index (χ0v) is 19.0. The molecule has 0 radical (unpaired) electrons. The fraction of sp³-hybridized carbons (Fsp3) is 0.0909. The van der Waals surface area contributed by atoms with Crippen molar-refractivity contribution in [2.75, 3.05) is 0 Å². The second-order valence-corrected chi connectivity index (χ2v) is 9.16. The first kappa shape index (κ1) is 19.8. The van der Waals surface area contributed by atoms with Gasteiger partial charge in [0.1, 0.15) is 0 Å². The fourth-order valence-electron chi connectivity index (χ4n) is 5.77. The van der Waals surface area contributed by atoms with Crippen LogP contribution in [0, 0.1) is 13.8 Å². The highest BCUT2D eigenvalue weighted by Gasteiger charge is 2.45. The molecular weight excluding hydrogens is 396 g/mol. The summed E-state index contributed by atoms with van der Waals surface area (Å²) in [6, 6.07) is 44.8. The van der Waals surface area contributed by atoms with Crippen LogP contribution >= 0.6 is 0 Å². The van der Waals surface area contributed by atoms with Crippen LogP contribution in [0.15, 0.2) is 121 Å². The van der Waals surface area contributed by atoms with E-state index < -0.39 is 0 Å². The molecule has 1 aliphatic rings. The summed E-state index contributed by atoms with van der Waals surface area (Å²) in [5, 5.41) is 0. The number of rotatable bonds is 3. The molecule has 0 N–H and O–H groups in total. The quantitative estimate of drug-likeness (QED) is 0.269. The largest absolute Gasteiger partial charge is 0.0713 e. The van der Waals surface area contributed by atoms with Crippen molar-refractivity contribution in [2.24, 2.45) is 0 Å². The highest BCUT2D eigenvalue weighted by molar-refractivity contribution is 5.88. The normalized spacial score (nSPS) is 13.4. The molecule has 0 unspecified atom stereocenters. The first-order chi connectivity index (χ1) is 16.2. The van der Waals surface area contributed by atoms with Gasteiger partial charge in [-0.25, -0.2) is 0 Å². The third-order valence-corrected chi connectivity index (χ3v) is 7.01. The minimum atomic E-state index is -0.344. The Balaban J connectivity index is 1.72. The number of benzene rings is 5. The monoisotopic (exact) mass is 422 g/mol. The van der Waals surface area contributed by atoms with Gasteiger partial charge in [0.15, 0.2) is 0 Å². The number of fused-ring (bicyclic) bond motifs is 3. The van der Waals surface area contributed by atoms with Gasteiger partial charge in [-0.3, -0.25) is 0 Å². The molecular formula is C33H26. The maximum absolute atomic E-state index is 2.43. The summed E-state index contributed by atoms with van der Waals surface area (Å²) in [5.74, 6) is 0. The van der Waals surface area contributed by atoms with E-state index in [-0.39, 0.29) is 5.41 Å². The Bertz CT molecular complexity index is 1400. The predicted molar refractivity (Wildman–Crippen MR) is 139 cm³/mol. The van der Waals surface area contributed by atoms with Crippen LogP contribution in [0.5, 0.6) is 0 Å². The van der Waals surface area contributed by atoms with Crippen LogP contribution in [0.4, 0.5) is 0 Å². The Kier molecular flexibility index (Phi) is 4.55. The zero-order chi connectivity index (χ0) is 22.4. The lowest BCUT2D eigenvalue weighted by Crippen LogP contribution is -2.28. The van der Waals surface area contributed by atoms with Crippen molar-refractivity contribution < 1.29 is 0 Å². The van der Waals surface area contributed by atoms with Gasteiger partial charge in [0.2, 0.25) is 0 Å². The molecule has 5 aromatic rings. The van der Waals surface area contributed by atoms with Crippen LogP contribution in [-0.2, 0) is 5.41 Å². The van der Waals surface area contributed by atoms with Gasteiger partial charge >= 0.3 is 0 Å². The molecule has 0 spiro atoms. The van der Waals surface area contributed by atoms with E-state index in [1.807, 2.05) is 0 Å². The average Bonchev–Trinajstić information content (AvgIpc) is 3.15. The molecule has 33 heavy (non-hydrogen) atoms. The first-order valence-corrected chi connectivity index (χ1v) is 11.6. The molecule has 0 atom stereocenters. The van der Waals surface area contributed by atoms with E-state index in [2.05, 4.69) is 135 Å². The Morgan fingerprint density at radius 1 is 0.424 bits per heavy atom. The summed E-state index contributed by atoms with van der Waals surface area (Å²) in [6.07, 6.45) is 0. The van der Waals surface area contributed by atoms with Crippen molar-refractivity contribution in [3.8, 4) is 22.3 Å². The van der Waals surface area contributed by atoms with Gasteiger partial charge in [0.05, 0.1) is 5.41 Å². The molecule has 0 fully saturated rings. The molecule has 0 amide bonds. The third-order valence-electron chi connectivity index (χ3n) is 7.01. The van der Waals surface area contributed by atoms with E-state index >= 15 is 0 Å². The van der Waals surface area contributed by atoms with Gasteiger partial charge in [-0.1, -0.05) is 126 Å². The molecule has 0 bridgehead atoms.